The van der Waals surface area contributed by atoms with E-state index >= 15 is 0 Å². The van der Waals surface area contributed by atoms with E-state index in [9.17, 15) is 4.79 Å². The average Bonchev–Trinajstić information content (AvgIpc) is 3.10. The summed E-state index contributed by atoms with van der Waals surface area (Å²) >= 11 is 0. The van der Waals surface area contributed by atoms with Crippen LogP contribution in [-0.2, 0) is 10.3 Å². The van der Waals surface area contributed by atoms with E-state index in [1.54, 1.807) is 6.08 Å². The van der Waals surface area contributed by atoms with Crippen molar-refractivity contribution in [1.29, 1.82) is 0 Å². The lowest BCUT2D eigenvalue weighted by Gasteiger charge is -2.18. The molecular formula is C18H19N3O2. The summed E-state index contributed by atoms with van der Waals surface area (Å²) in [4.78, 5) is 14.0. The molecule has 0 amide bonds. The average molecular weight is 309 g/mol. The monoisotopic (exact) mass is 309 g/mol. The van der Waals surface area contributed by atoms with Crippen LogP contribution in [0.5, 0.6) is 0 Å². The molecule has 0 spiro atoms. The molecule has 0 bridgehead atoms. The van der Waals surface area contributed by atoms with Gasteiger partial charge in [-0.05, 0) is 56.7 Å². The summed E-state index contributed by atoms with van der Waals surface area (Å²) in [5, 5.41) is 14.4. The number of H-pyrrole nitrogens is 1. The number of benzene rings is 1. The molecule has 0 aliphatic rings. The van der Waals surface area contributed by atoms with Crippen molar-refractivity contribution >= 4 is 22.9 Å². The number of rotatable bonds is 3. The summed E-state index contributed by atoms with van der Waals surface area (Å²) in [6, 6.07) is 9.80. The summed E-state index contributed by atoms with van der Waals surface area (Å²) in [5.74, 6) is -0.951. The van der Waals surface area contributed by atoms with Crippen LogP contribution in [0.3, 0.4) is 0 Å². The maximum absolute atomic E-state index is 10.6. The van der Waals surface area contributed by atoms with Crippen molar-refractivity contribution in [3.63, 3.8) is 0 Å². The molecule has 0 unspecified atom stereocenters. The van der Waals surface area contributed by atoms with Crippen molar-refractivity contribution in [1.82, 2.24) is 14.8 Å². The molecule has 2 heterocycles. The molecule has 2 N–H and O–H groups in total. The number of aromatic amines is 1. The number of carboxylic acids is 1. The van der Waals surface area contributed by atoms with Gasteiger partial charge in [0.1, 0.15) is 5.69 Å². The normalized spacial score (nSPS) is 12.3. The van der Waals surface area contributed by atoms with Crippen molar-refractivity contribution in [3.8, 4) is 11.4 Å². The van der Waals surface area contributed by atoms with Crippen LogP contribution in [-0.4, -0.2) is 25.8 Å². The maximum Gasteiger partial charge on any atom is 0.328 e. The molecule has 3 aromatic rings. The number of hydrogen-bond donors (Lipinski definition) is 2. The highest BCUT2D eigenvalue weighted by Crippen LogP contribution is 2.25. The number of nitrogens with one attached hydrogen (secondary N) is 1. The zero-order valence-electron chi connectivity index (χ0n) is 13.4. The summed E-state index contributed by atoms with van der Waals surface area (Å²) < 4.78 is 1.94. The molecule has 1 aromatic carbocycles. The highest BCUT2D eigenvalue weighted by atomic mass is 16.4. The van der Waals surface area contributed by atoms with E-state index in [4.69, 9.17) is 5.11 Å². The van der Waals surface area contributed by atoms with E-state index in [0.29, 0.717) is 0 Å². The maximum atomic E-state index is 10.6. The fraction of sp³-hybridized carbons (Fsp3) is 0.222. The van der Waals surface area contributed by atoms with Gasteiger partial charge in [-0.25, -0.2) is 4.79 Å². The molecule has 0 radical (unpaired) electrons. The Hall–Kier alpha value is -2.82. The van der Waals surface area contributed by atoms with E-state index < -0.39 is 5.97 Å². The first-order valence-electron chi connectivity index (χ1n) is 7.43. The van der Waals surface area contributed by atoms with E-state index in [-0.39, 0.29) is 5.54 Å². The summed E-state index contributed by atoms with van der Waals surface area (Å²) in [7, 11) is 0. The number of aromatic nitrogens is 3. The number of carboxylic acid groups (broad SMARTS) is 1. The topological polar surface area (TPSA) is 70.9 Å². The third-order valence-corrected chi connectivity index (χ3v) is 3.62. The Morgan fingerprint density at radius 3 is 2.70 bits per heavy atom. The standard InChI is InChI=1S/C18H19N3O2/c1-18(2,3)21-9-8-15(20-21)16-11-13-10-12(5-7-17(22)23)4-6-14(13)19-16/h4-11,19H,1-3H3,(H,22,23)/b7-5+. The molecule has 0 saturated carbocycles. The van der Waals surface area contributed by atoms with E-state index in [2.05, 4.69) is 30.9 Å². The fourth-order valence-corrected chi connectivity index (χ4v) is 2.40. The second kappa shape index (κ2) is 5.43. The Morgan fingerprint density at radius 1 is 1.26 bits per heavy atom. The number of hydrogen-bond acceptors (Lipinski definition) is 2. The van der Waals surface area contributed by atoms with Crippen LogP contribution in [0.25, 0.3) is 28.4 Å². The summed E-state index contributed by atoms with van der Waals surface area (Å²) in [5.41, 5.74) is 3.63. The van der Waals surface area contributed by atoms with Crippen LogP contribution in [0.4, 0.5) is 0 Å². The summed E-state index contributed by atoms with van der Waals surface area (Å²) in [6.45, 7) is 6.32. The molecule has 0 fully saturated rings. The fourth-order valence-electron chi connectivity index (χ4n) is 2.40. The Bertz CT molecular complexity index is 895. The largest absolute Gasteiger partial charge is 0.478 e. The third-order valence-electron chi connectivity index (χ3n) is 3.62. The van der Waals surface area contributed by atoms with Gasteiger partial charge in [0.15, 0.2) is 0 Å². The van der Waals surface area contributed by atoms with Gasteiger partial charge in [-0.2, -0.15) is 5.10 Å². The first kappa shape index (κ1) is 15.1. The van der Waals surface area contributed by atoms with Gasteiger partial charge >= 0.3 is 5.97 Å². The second-order valence-corrected chi connectivity index (χ2v) is 6.52. The molecule has 0 aliphatic carbocycles. The van der Waals surface area contributed by atoms with Gasteiger partial charge in [0.2, 0.25) is 0 Å². The summed E-state index contributed by atoms with van der Waals surface area (Å²) in [6.07, 6.45) is 4.70. The molecule has 0 aliphatic heterocycles. The van der Waals surface area contributed by atoms with Gasteiger partial charge < -0.3 is 10.1 Å². The predicted molar refractivity (Wildman–Crippen MR) is 91.2 cm³/mol. The molecule has 118 valence electrons. The highest BCUT2D eigenvalue weighted by Gasteiger charge is 2.15. The highest BCUT2D eigenvalue weighted by molar-refractivity contribution is 5.89. The zero-order chi connectivity index (χ0) is 16.6. The van der Waals surface area contributed by atoms with Crippen molar-refractivity contribution in [2.24, 2.45) is 0 Å². The minimum Gasteiger partial charge on any atom is -0.478 e. The minimum absolute atomic E-state index is 0.0565. The Labute approximate surface area is 134 Å². The van der Waals surface area contributed by atoms with E-state index in [1.807, 2.05) is 41.2 Å². The molecule has 0 saturated heterocycles. The second-order valence-electron chi connectivity index (χ2n) is 6.52. The van der Waals surface area contributed by atoms with E-state index in [1.165, 1.54) is 0 Å². The van der Waals surface area contributed by atoms with E-state index in [0.717, 1.165) is 33.9 Å². The number of aliphatic carboxylic acids is 1. The van der Waals surface area contributed by atoms with Crippen LogP contribution in [0.2, 0.25) is 0 Å². The number of carbonyl (C=O) groups is 1. The lowest BCUT2D eigenvalue weighted by molar-refractivity contribution is -0.131. The molecular weight excluding hydrogens is 290 g/mol. The Balaban J connectivity index is 1.97. The van der Waals surface area contributed by atoms with Gasteiger partial charge in [-0.3, -0.25) is 4.68 Å². The first-order chi connectivity index (χ1) is 10.8. The molecule has 2 aromatic heterocycles. The quantitative estimate of drug-likeness (QED) is 0.721. The van der Waals surface area contributed by atoms with Gasteiger partial charge in [0, 0.05) is 23.2 Å². The van der Waals surface area contributed by atoms with Crippen LogP contribution in [0, 0.1) is 0 Å². The Kier molecular flexibility index (Phi) is 3.56. The SMILES string of the molecule is CC(C)(C)n1ccc(-c2cc3cc(/C=C/C(=O)O)ccc3[nH]2)n1. The first-order valence-corrected chi connectivity index (χ1v) is 7.43. The van der Waals surface area contributed by atoms with Gasteiger partial charge in [-0.1, -0.05) is 6.07 Å². The predicted octanol–water partition coefficient (Wildman–Crippen LogP) is 3.88. The Morgan fingerprint density at radius 2 is 2.04 bits per heavy atom. The zero-order valence-corrected chi connectivity index (χ0v) is 13.4. The van der Waals surface area contributed by atoms with Crippen LogP contribution < -0.4 is 0 Å². The van der Waals surface area contributed by atoms with Crippen molar-refractivity contribution < 1.29 is 9.90 Å². The lowest BCUT2D eigenvalue weighted by atomic mass is 10.1. The van der Waals surface area contributed by atoms with Crippen molar-refractivity contribution in [3.05, 3.63) is 48.2 Å². The van der Waals surface area contributed by atoms with Gasteiger partial charge in [0.25, 0.3) is 0 Å². The third kappa shape index (κ3) is 3.18. The van der Waals surface area contributed by atoms with Crippen molar-refractivity contribution in [2.75, 3.05) is 0 Å². The number of nitrogens with zero attached hydrogens (tertiary/aromatic N) is 2. The van der Waals surface area contributed by atoms with Gasteiger partial charge in [-0.15, -0.1) is 0 Å². The van der Waals surface area contributed by atoms with Crippen molar-refractivity contribution in [2.45, 2.75) is 26.3 Å². The smallest absolute Gasteiger partial charge is 0.328 e. The molecule has 23 heavy (non-hydrogen) atoms. The van der Waals surface area contributed by atoms with Crippen LogP contribution in [0.15, 0.2) is 42.6 Å². The van der Waals surface area contributed by atoms with Crippen LogP contribution >= 0.6 is 0 Å². The number of fused-ring (bicyclic) bond motifs is 1. The van der Waals surface area contributed by atoms with Crippen LogP contribution in [0.1, 0.15) is 26.3 Å². The lowest BCUT2D eigenvalue weighted by Crippen LogP contribution is -2.22. The molecule has 3 rings (SSSR count). The molecule has 5 heteroatoms. The van der Waals surface area contributed by atoms with Gasteiger partial charge in [0.05, 0.1) is 11.2 Å². The minimum atomic E-state index is -0.951. The molecule has 0 atom stereocenters. The molecule has 5 nitrogen and oxygen atoms in total.